The van der Waals surface area contributed by atoms with Crippen LogP contribution in [0.25, 0.3) is 0 Å². The third-order valence-electron chi connectivity index (χ3n) is 3.31. The minimum absolute atomic E-state index is 0.115. The van der Waals surface area contributed by atoms with Crippen molar-refractivity contribution in [3.63, 3.8) is 0 Å². The first-order valence-corrected chi connectivity index (χ1v) is 7.61. The molecule has 19 heavy (non-hydrogen) atoms. The normalized spacial score (nSPS) is 15.7. The van der Waals surface area contributed by atoms with Gasteiger partial charge in [0, 0.05) is 31.0 Å². The Balaban J connectivity index is 2.29. The van der Waals surface area contributed by atoms with E-state index in [1.165, 1.54) is 16.7 Å². The van der Waals surface area contributed by atoms with Crippen molar-refractivity contribution in [1.29, 1.82) is 0 Å². The summed E-state index contributed by atoms with van der Waals surface area (Å²) in [5.74, 6) is 5.48. The smallest absolute Gasteiger partial charge is 0.244 e. The Labute approximate surface area is 113 Å². The summed E-state index contributed by atoms with van der Waals surface area (Å²) < 4.78 is 26.2. The van der Waals surface area contributed by atoms with Crippen LogP contribution < -0.4 is 5.73 Å². The Bertz CT molecular complexity index is 612. The lowest BCUT2D eigenvalue weighted by Crippen LogP contribution is -2.41. The Morgan fingerprint density at radius 2 is 2.21 bits per heavy atom. The average molecular weight is 279 g/mol. The van der Waals surface area contributed by atoms with Crippen molar-refractivity contribution in [3.8, 4) is 11.8 Å². The van der Waals surface area contributed by atoms with Gasteiger partial charge in [0.25, 0.3) is 0 Å². The van der Waals surface area contributed by atoms with E-state index in [1.807, 2.05) is 0 Å². The predicted octanol–water partition coefficient (Wildman–Crippen LogP) is 0.565. The van der Waals surface area contributed by atoms with Gasteiger partial charge in [-0.05, 0) is 18.9 Å². The van der Waals surface area contributed by atoms with E-state index in [4.69, 9.17) is 5.73 Å². The molecule has 0 spiro atoms. The molecular weight excluding hydrogens is 262 g/mol. The van der Waals surface area contributed by atoms with Crippen LogP contribution in [0.2, 0.25) is 0 Å². The van der Waals surface area contributed by atoms with E-state index in [0.29, 0.717) is 5.56 Å². The zero-order valence-electron chi connectivity index (χ0n) is 10.8. The van der Waals surface area contributed by atoms with Crippen molar-refractivity contribution in [2.24, 2.45) is 5.73 Å². The van der Waals surface area contributed by atoms with Crippen LogP contribution in [-0.2, 0) is 10.0 Å². The summed E-state index contributed by atoms with van der Waals surface area (Å²) in [5, 5.41) is 0. The second-order valence-corrected chi connectivity index (χ2v) is 6.52. The lowest BCUT2D eigenvalue weighted by molar-refractivity contribution is 0.249. The Morgan fingerprint density at radius 3 is 2.79 bits per heavy atom. The van der Waals surface area contributed by atoms with Crippen molar-refractivity contribution in [3.05, 3.63) is 24.0 Å². The van der Waals surface area contributed by atoms with E-state index >= 15 is 0 Å². The molecule has 1 aromatic rings. The number of aromatic nitrogens is 1. The maximum absolute atomic E-state index is 12.4. The summed E-state index contributed by atoms with van der Waals surface area (Å²) in [4.78, 5) is 4.13. The largest absolute Gasteiger partial charge is 0.320 e. The molecule has 102 valence electrons. The maximum atomic E-state index is 12.4. The van der Waals surface area contributed by atoms with Crippen LogP contribution in [-0.4, -0.2) is 37.3 Å². The van der Waals surface area contributed by atoms with Crippen LogP contribution in [0.3, 0.4) is 0 Å². The molecule has 2 N–H and O–H groups in total. The third kappa shape index (κ3) is 2.95. The van der Waals surface area contributed by atoms with Gasteiger partial charge < -0.3 is 5.73 Å². The molecule has 0 atom stereocenters. The molecule has 0 bridgehead atoms. The highest BCUT2D eigenvalue weighted by Gasteiger charge is 2.31. The summed E-state index contributed by atoms with van der Waals surface area (Å²) in [6.07, 6.45) is 5.83. The first kappa shape index (κ1) is 14.0. The van der Waals surface area contributed by atoms with Gasteiger partial charge in [-0.25, -0.2) is 8.42 Å². The molecule has 0 amide bonds. The fourth-order valence-corrected chi connectivity index (χ4v) is 3.30. The summed E-state index contributed by atoms with van der Waals surface area (Å²) in [7, 11) is -1.85. The van der Waals surface area contributed by atoms with Gasteiger partial charge in [-0.1, -0.05) is 18.3 Å². The fourth-order valence-electron chi connectivity index (χ4n) is 1.89. The van der Waals surface area contributed by atoms with Gasteiger partial charge >= 0.3 is 0 Å². The molecule has 0 radical (unpaired) electrons. The van der Waals surface area contributed by atoms with Crippen molar-refractivity contribution in [1.82, 2.24) is 9.29 Å². The quantitative estimate of drug-likeness (QED) is 0.820. The second kappa shape index (κ2) is 5.70. The Morgan fingerprint density at radius 1 is 1.47 bits per heavy atom. The number of nitrogens with two attached hydrogens (primary N) is 1. The van der Waals surface area contributed by atoms with Gasteiger partial charge in [-0.3, -0.25) is 4.98 Å². The number of hydrogen-bond donors (Lipinski definition) is 1. The van der Waals surface area contributed by atoms with E-state index in [9.17, 15) is 8.42 Å². The lowest BCUT2D eigenvalue weighted by Gasteiger charge is -2.33. The highest BCUT2D eigenvalue weighted by atomic mass is 32.2. The SMILES string of the molecule is CN(C1CCC1)S(=O)(=O)c1cncc(C#CCN)c1. The molecule has 0 aliphatic heterocycles. The van der Waals surface area contributed by atoms with Crippen LogP contribution in [0.15, 0.2) is 23.4 Å². The summed E-state index contributed by atoms with van der Waals surface area (Å²) in [5.41, 5.74) is 5.86. The van der Waals surface area contributed by atoms with Crippen molar-refractivity contribution >= 4 is 10.0 Å². The molecule has 1 aliphatic rings. The van der Waals surface area contributed by atoms with E-state index in [1.54, 1.807) is 13.1 Å². The van der Waals surface area contributed by atoms with Gasteiger partial charge in [0.1, 0.15) is 4.90 Å². The third-order valence-corrected chi connectivity index (χ3v) is 5.19. The average Bonchev–Trinajstić information content (AvgIpc) is 2.34. The first-order valence-electron chi connectivity index (χ1n) is 6.17. The number of hydrogen-bond acceptors (Lipinski definition) is 4. The molecule has 1 fully saturated rings. The minimum Gasteiger partial charge on any atom is -0.320 e. The van der Waals surface area contributed by atoms with Crippen LogP contribution in [0.1, 0.15) is 24.8 Å². The first-order chi connectivity index (χ1) is 9.05. The molecule has 5 nitrogen and oxygen atoms in total. The van der Waals surface area contributed by atoms with Gasteiger partial charge in [0.05, 0.1) is 6.54 Å². The molecular formula is C13H17N3O2S. The Hall–Kier alpha value is -1.42. The number of nitrogens with zero attached hydrogens (tertiary/aromatic N) is 2. The summed E-state index contributed by atoms with van der Waals surface area (Å²) in [6.45, 7) is 0.235. The monoisotopic (exact) mass is 279 g/mol. The molecule has 6 heteroatoms. The second-order valence-electron chi connectivity index (χ2n) is 4.52. The van der Waals surface area contributed by atoms with Crippen molar-refractivity contribution in [2.45, 2.75) is 30.2 Å². The molecule has 1 saturated carbocycles. The molecule has 1 aromatic heterocycles. The van der Waals surface area contributed by atoms with Crippen LogP contribution in [0.4, 0.5) is 0 Å². The van der Waals surface area contributed by atoms with Crippen LogP contribution in [0.5, 0.6) is 0 Å². The van der Waals surface area contributed by atoms with Crippen molar-refractivity contribution in [2.75, 3.05) is 13.6 Å². The van der Waals surface area contributed by atoms with E-state index in [2.05, 4.69) is 16.8 Å². The lowest BCUT2D eigenvalue weighted by atomic mass is 9.94. The zero-order valence-corrected chi connectivity index (χ0v) is 11.7. The van der Waals surface area contributed by atoms with Gasteiger partial charge in [0.2, 0.25) is 10.0 Å². The van der Waals surface area contributed by atoms with Crippen molar-refractivity contribution < 1.29 is 8.42 Å². The maximum Gasteiger partial charge on any atom is 0.244 e. The molecule has 1 aliphatic carbocycles. The Kier molecular flexibility index (Phi) is 4.20. The standard InChI is InChI=1S/C13H17N3O2S/c1-16(12-5-2-6-12)19(17,18)13-8-11(4-3-7-14)9-15-10-13/h8-10,12H,2,5-7,14H2,1H3. The van der Waals surface area contributed by atoms with Gasteiger partial charge in [0.15, 0.2) is 0 Å². The number of pyridine rings is 1. The highest BCUT2D eigenvalue weighted by Crippen LogP contribution is 2.28. The van der Waals surface area contributed by atoms with Gasteiger partial charge in [-0.15, -0.1) is 0 Å². The van der Waals surface area contributed by atoms with Gasteiger partial charge in [-0.2, -0.15) is 4.31 Å². The molecule has 2 rings (SSSR count). The number of sulfonamides is 1. The highest BCUT2D eigenvalue weighted by molar-refractivity contribution is 7.89. The predicted molar refractivity (Wildman–Crippen MR) is 72.8 cm³/mol. The minimum atomic E-state index is -3.47. The topological polar surface area (TPSA) is 76.3 Å². The van der Waals surface area contributed by atoms with E-state index in [-0.39, 0.29) is 17.5 Å². The summed E-state index contributed by atoms with van der Waals surface area (Å²) in [6, 6.07) is 1.66. The fraction of sp³-hybridized carbons (Fsp3) is 0.462. The van der Waals surface area contributed by atoms with E-state index < -0.39 is 10.0 Å². The molecule has 0 unspecified atom stereocenters. The molecule has 0 aromatic carbocycles. The zero-order chi connectivity index (χ0) is 13.9. The number of rotatable bonds is 3. The van der Waals surface area contributed by atoms with Crippen LogP contribution >= 0.6 is 0 Å². The molecule has 1 heterocycles. The van der Waals surface area contributed by atoms with Crippen LogP contribution in [0, 0.1) is 11.8 Å². The van der Waals surface area contributed by atoms with E-state index in [0.717, 1.165) is 19.3 Å². The summed E-state index contributed by atoms with van der Waals surface area (Å²) >= 11 is 0. The molecule has 0 saturated heterocycles.